The summed E-state index contributed by atoms with van der Waals surface area (Å²) in [7, 11) is 0. The predicted octanol–water partition coefficient (Wildman–Crippen LogP) is 4.22. The number of hydrogen-bond acceptors (Lipinski definition) is 0. The maximum Gasteiger partial charge on any atom is -0.0184 e. The van der Waals surface area contributed by atoms with Crippen LogP contribution in [-0.2, 0) is 0 Å². The minimum absolute atomic E-state index is 1.07. The van der Waals surface area contributed by atoms with Gasteiger partial charge in [0.2, 0.25) is 0 Å². The SMILES string of the molecule is C=C(C)C=C(C=CC)c1ccccc1. The third-order valence-electron chi connectivity index (χ3n) is 1.86. The Hall–Kier alpha value is -1.56. The lowest BCUT2D eigenvalue weighted by atomic mass is 10.0. The van der Waals surface area contributed by atoms with Crippen molar-refractivity contribution >= 4 is 5.57 Å². The molecule has 0 heteroatoms. The van der Waals surface area contributed by atoms with E-state index in [4.69, 9.17) is 0 Å². The average Bonchev–Trinajstić information content (AvgIpc) is 2.18. The van der Waals surface area contributed by atoms with Gasteiger partial charge in [-0.2, -0.15) is 0 Å². The van der Waals surface area contributed by atoms with Crippen LogP contribution in [0.4, 0.5) is 0 Å². The zero-order valence-electron chi connectivity index (χ0n) is 8.83. The first-order valence-corrected chi connectivity index (χ1v) is 4.79. The number of allylic oxidation sites excluding steroid dienone is 5. The second kappa shape index (κ2) is 5.23. The molecule has 0 atom stereocenters. The molecule has 0 saturated carbocycles. The van der Waals surface area contributed by atoms with Crippen LogP contribution < -0.4 is 0 Å². The van der Waals surface area contributed by atoms with E-state index in [1.807, 2.05) is 38.1 Å². The highest BCUT2D eigenvalue weighted by molar-refractivity contribution is 5.75. The van der Waals surface area contributed by atoms with E-state index in [1.165, 1.54) is 11.1 Å². The standard InChI is InChI=1S/C14H16/c1-4-8-14(11-12(2)3)13-9-6-5-7-10-13/h4-11H,2H2,1,3H3. The van der Waals surface area contributed by atoms with E-state index in [2.05, 4.69) is 30.9 Å². The summed E-state index contributed by atoms with van der Waals surface area (Å²) in [4.78, 5) is 0. The van der Waals surface area contributed by atoms with E-state index in [-0.39, 0.29) is 0 Å². The van der Waals surface area contributed by atoms with Gasteiger partial charge in [-0.1, -0.05) is 60.7 Å². The molecular formula is C14H16. The molecule has 0 aliphatic carbocycles. The van der Waals surface area contributed by atoms with E-state index in [0.29, 0.717) is 0 Å². The molecule has 0 saturated heterocycles. The molecule has 0 amide bonds. The Balaban J connectivity index is 3.07. The quantitative estimate of drug-likeness (QED) is 0.617. The summed E-state index contributed by atoms with van der Waals surface area (Å²) in [6, 6.07) is 10.3. The summed E-state index contributed by atoms with van der Waals surface area (Å²) in [5.41, 5.74) is 3.51. The number of benzene rings is 1. The highest BCUT2D eigenvalue weighted by atomic mass is 14.0. The third-order valence-corrected chi connectivity index (χ3v) is 1.86. The van der Waals surface area contributed by atoms with Crippen LogP contribution in [0.1, 0.15) is 19.4 Å². The normalized spacial score (nSPS) is 12.0. The van der Waals surface area contributed by atoms with Crippen LogP contribution in [0.25, 0.3) is 5.57 Å². The van der Waals surface area contributed by atoms with Crippen molar-refractivity contribution in [3.63, 3.8) is 0 Å². The zero-order valence-corrected chi connectivity index (χ0v) is 8.83. The minimum atomic E-state index is 1.07. The van der Waals surface area contributed by atoms with Crippen LogP contribution in [-0.4, -0.2) is 0 Å². The van der Waals surface area contributed by atoms with Crippen molar-refractivity contribution in [3.05, 3.63) is 66.3 Å². The molecule has 0 radical (unpaired) electrons. The molecule has 72 valence electrons. The molecular weight excluding hydrogens is 168 g/mol. The van der Waals surface area contributed by atoms with Gasteiger partial charge in [0, 0.05) is 0 Å². The smallest absolute Gasteiger partial charge is 0.0184 e. The molecule has 1 aromatic carbocycles. The van der Waals surface area contributed by atoms with Gasteiger partial charge in [0.1, 0.15) is 0 Å². The molecule has 0 nitrogen and oxygen atoms in total. The molecule has 1 aromatic rings. The van der Waals surface area contributed by atoms with E-state index in [1.54, 1.807) is 0 Å². The Morgan fingerprint density at radius 1 is 1.21 bits per heavy atom. The maximum absolute atomic E-state index is 3.89. The van der Waals surface area contributed by atoms with E-state index in [9.17, 15) is 0 Å². The molecule has 0 fully saturated rings. The molecule has 14 heavy (non-hydrogen) atoms. The summed E-state index contributed by atoms with van der Waals surface area (Å²) in [6.45, 7) is 7.92. The molecule has 0 aliphatic rings. The first kappa shape index (κ1) is 10.5. The first-order chi connectivity index (χ1) is 6.74. The summed E-state index contributed by atoms with van der Waals surface area (Å²) in [6.07, 6.45) is 6.24. The highest BCUT2D eigenvalue weighted by Crippen LogP contribution is 2.17. The van der Waals surface area contributed by atoms with Gasteiger partial charge in [0.25, 0.3) is 0 Å². The lowest BCUT2D eigenvalue weighted by molar-refractivity contribution is 1.53. The Labute approximate surface area is 86.3 Å². The molecule has 0 aliphatic heterocycles. The van der Waals surface area contributed by atoms with Gasteiger partial charge >= 0.3 is 0 Å². The molecule has 0 unspecified atom stereocenters. The fraction of sp³-hybridized carbons (Fsp3) is 0.143. The van der Waals surface area contributed by atoms with Crippen molar-refractivity contribution in [2.24, 2.45) is 0 Å². The Morgan fingerprint density at radius 3 is 2.36 bits per heavy atom. The summed E-state index contributed by atoms with van der Waals surface area (Å²) in [5, 5.41) is 0. The first-order valence-electron chi connectivity index (χ1n) is 4.79. The van der Waals surface area contributed by atoms with Crippen LogP contribution in [0.15, 0.2) is 60.7 Å². The highest BCUT2D eigenvalue weighted by Gasteiger charge is 1.95. The minimum Gasteiger partial charge on any atom is -0.0961 e. The molecule has 1 rings (SSSR count). The predicted molar refractivity (Wildman–Crippen MR) is 64.0 cm³/mol. The summed E-state index contributed by atoms with van der Waals surface area (Å²) in [5.74, 6) is 0. The summed E-state index contributed by atoms with van der Waals surface area (Å²) >= 11 is 0. The topological polar surface area (TPSA) is 0 Å². The molecule has 0 aromatic heterocycles. The monoisotopic (exact) mass is 184 g/mol. The number of hydrogen-bond donors (Lipinski definition) is 0. The van der Waals surface area contributed by atoms with Crippen molar-refractivity contribution in [3.8, 4) is 0 Å². The molecule has 0 spiro atoms. The Kier molecular flexibility index (Phi) is 3.93. The van der Waals surface area contributed by atoms with Crippen LogP contribution in [0.5, 0.6) is 0 Å². The lowest BCUT2D eigenvalue weighted by Gasteiger charge is -2.02. The van der Waals surface area contributed by atoms with E-state index < -0.39 is 0 Å². The van der Waals surface area contributed by atoms with Crippen molar-refractivity contribution in [1.82, 2.24) is 0 Å². The largest absolute Gasteiger partial charge is 0.0961 e. The average molecular weight is 184 g/mol. The Morgan fingerprint density at radius 2 is 1.86 bits per heavy atom. The van der Waals surface area contributed by atoms with Gasteiger partial charge in [-0.15, -0.1) is 0 Å². The van der Waals surface area contributed by atoms with E-state index in [0.717, 1.165) is 5.57 Å². The third kappa shape index (κ3) is 3.06. The van der Waals surface area contributed by atoms with Gasteiger partial charge in [-0.25, -0.2) is 0 Å². The second-order valence-corrected chi connectivity index (χ2v) is 3.31. The molecule has 0 heterocycles. The van der Waals surface area contributed by atoms with Crippen molar-refractivity contribution in [2.75, 3.05) is 0 Å². The van der Waals surface area contributed by atoms with Crippen molar-refractivity contribution in [1.29, 1.82) is 0 Å². The van der Waals surface area contributed by atoms with Gasteiger partial charge in [0.05, 0.1) is 0 Å². The van der Waals surface area contributed by atoms with Crippen molar-refractivity contribution < 1.29 is 0 Å². The van der Waals surface area contributed by atoms with Crippen LogP contribution in [0, 0.1) is 0 Å². The summed E-state index contributed by atoms with van der Waals surface area (Å²) < 4.78 is 0. The van der Waals surface area contributed by atoms with Gasteiger partial charge in [0.15, 0.2) is 0 Å². The molecule has 0 bridgehead atoms. The van der Waals surface area contributed by atoms with Gasteiger partial charge in [-0.3, -0.25) is 0 Å². The van der Waals surface area contributed by atoms with Crippen LogP contribution in [0.2, 0.25) is 0 Å². The molecule has 0 N–H and O–H groups in total. The Bertz CT molecular complexity index is 353. The van der Waals surface area contributed by atoms with Crippen LogP contribution >= 0.6 is 0 Å². The number of rotatable bonds is 3. The van der Waals surface area contributed by atoms with Gasteiger partial charge in [-0.05, 0) is 25.0 Å². The maximum atomic E-state index is 3.89. The fourth-order valence-corrected chi connectivity index (χ4v) is 1.30. The second-order valence-electron chi connectivity index (χ2n) is 3.31. The lowest BCUT2D eigenvalue weighted by Crippen LogP contribution is -1.80. The van der Waals surface area contributed by atoms with Crippen molar-refractivity contribution in [2.45, 2.75) is 13.8 Å². The van der Waals surface area contributed by atoms with Crippen LogP contribution in [0.3, 0.4) is 0 Å². The zero-order chi connectivity index (χ0) is 10.4. The fourth-order valence-electron chi connectivity index (χ4n) is 1.30. The van der Waals surface area contributed by atoms with Gasteiger partial charge < -0.3 is 0 Å². The van der Waals surface area contributed by atoms with E-state index >= 15 is 0 Å².